The van der Waals surface area contributed by atoms with E-state index in [9.17, 15) is 4.79 Å². The Morgan fingerprint density at radius 1 is 1.00 bits per heavy atom. The van der Waals surface area contributed by atoms with Gasteiger partial charge in [-0.1, -0.05) is 6.07 Å². The van der Waals surface area contributed by atoms with Crippen molar-refractivity contribution in [2.24, 2.45) is 0 Å². The molecule has 0 N–H and O–H groups in total. The lowest BCUT2D eigenvalue weighted by Crippen LogP contribution is -3.00. The van der Waals surface area contributed by atoms with E-state index >= 15 is 0 Å². The first kappa shape index (κ1) is 18.1. The van der Waals surface area contributed by atoms with Crippen LogP contribution in [0, 0.1) is 0 Å². The van der Waals surface area contributed by atoms with Crippen LogP contribution in [0.2, 0.25) is 0 Å². The molecule has 1 aliphatic heterocycles. The fraction of sp³-hybridized carbons (Fsp3) is 0.150. The minimum atomic E-state index is 0. The minimum absolute atomic E-state index is 0. The van der Waals surface area contributed by atoms with Crippen molar-refractivity contribution in [1.82, 2.24) is 4.98 Å². The summed E-state index contributed by atoms with van der Waals surface area (Å²) in [4.78, 5) is 17.1. The summed E-state index contributed by atoms with van der Waals surface area (Å²) in [7, 11) is 0. The van der Waals surface area contributed by atoms with Gasteiger partial charge in [0.25, 0.3) is 0 Å². The van der Waals surface area contributed by atoms with Crippen molar-refractivity contribution in [2.75, 3.05) is 13.2 Å². The predicted molar refractivity (Wildman–Crippen MR) is 91.6 cm³/mol. The molecule has 0 saturated heterocycles. The number of benzene rings is 1. The first-order valence-corrected chi connectivity index (χ1v) is 8.14. The summed E-state index contributed by atoms with van der Waals surface area (Å²) in [5, 5.41) is 0. The average molecular weight is 413 g/mol. The maximum Gasteiger partial charge on any atom is 0.231 e. The molecule has 4 rings (SSSR count). The van der Waals surface area contributed by atoms with Gasteiger partial charge in [-0.25, -0.2) is 4.98 Å². The highest BCUT2D eigenvalue weighted by Crippen LogP contribution is 2.30. The molecule has 0 aliphatic carbocycles. The number of aromatic nitrogens is 2. The van der Waals surface area contributed by atoms with E-state index in [1.807, 2.05) is 47.2 Å². The maximum atomic E-state index is 12.7. The van der Waals surface area contributed by atoms with Gasteiger partial charge in [0.15, 0.2) is 17.7 Å². The predicted octanol–water partition coefficient (Wildman–Crippen LogP) is -0.306. The first-order chi connectivity index (χ1) is 12.3. The monoisotopic (exact) mass is 412 g/mol. The molecule has 0 unspecified atom stereocenters. The third kappa shape index (κ3) is 3.75. The highest BCUT2D eigenvalue weighted by Gasteiger charge is 2.20. The smallest absolute Gasteiger partial charge is 0.231 e. The van der Waals surface area contributed by atoms with Gasteiger partial charge in [0.1, 0.15) is 18.9 Å². The molecule has 2 aromatic heterocycles. The Balaban J connectivity index is 0.00000196. The van der Waals surface area contributed by atoms with E-state index in [0.717, 1.165) is 11.4 Å². The third-order valence-electron chi connectivity index (χ3n) is 4.05. The van der Waals surface area contributed by atoms with E-state index in [4.69, 9.17) is 9.47 Å². The number of halogens is 1. The number of hydrogen-bond acceptors (Lipinski definition) is 4. The van der Waals surface area contributed by atoms with Crippen LogP contribution < -0.4 is 31.0 Å². The van der Waals surface area contributed by atoms with Crippen LogP contribution in [0.4, 0.5) is 0 Å². The van der Waals surface area contributed by atoms with Crippen LogP contribution in [0.25, 0.3) is 11.4 Å². The number of hydrogen-bond donors (Lipinski definition) is 0. The van der Waals surface area contributed by atoms with Crippen LogP contribution in [0.1, 0.15) is 10.4 Å². The summed E-state index contributed by atoms with van der Waals surface area (Å²) >= 11 is 0. The van der Waals surface area contributed by atoms with Gasteiger partial charge in [-0.15, -0.1) is 0 Å². The first-order valence-electron chi connectivity index (χ1n) is 8.14. The molecule has 26 heavy (non-hydrogen) atoms. The molecule has 0 fully saturated rings. The molecule has 3 aromatic rings. The van der Waals surface area contributed by atoms with Crippen molar-refractivity contribution < 1.29 is 35.8 Å². The Morgan fingerprint density at radius 3 is 2.62 bits per heavy atom. The molecule has 0 saturated carbocycles. The molecule has 0 bridgehead atoms. The number of fused-ring (bicyclic) bond motifs is 1. The summed E-state index contributed by atoms with van der Waals surface area (Å²) in [6, 6.07) is 16.9. The van der Waals surface area contributed by atoms with Crippen molar-refractivity contribution in [2.45, 2.75) is 6.54 Å². The van der Waals surface area contributed by atoms with Gasteiger partial charge < -0.3 is 26.5 Å². The maximum absolute atomic E-state index is 12.7. The van der Waals surface area contributed by atoms with E-state index in [-0.39, 0.29) is 29.3 Å². The van der Waals surface area contributed by atoms with Gasteiger partial charge in [-0.2, -0.15) is 4.57 Å². The zero-order valence-electron chi connectivity index (χ0n) is 14.0. The number of carbonyl (C=O) groups is 1. The molecule has 5 nitrogen and oxygen atoms in total. The fourth-order valence-corrected chi connectivity index (χ4v) is 2.82. The van der Waals surface area contributed by atoms with Crippen molar-refractivity contribution in [3.63, 3.8) is 0 Å². The Kier molecular flexibility index (Phi) is 5.63. The molecule has 1 aromatic carbocycles. The molecule has 0 atom stereocenters. The largest absolute Gasteiger partial charge is 1.00 e. The molecule has 132 valence electrons. The van der Waals surface area contributed by atoms with Gasteiger partial charge in [0.05, 0.1) is 0 Å². The molecular formula is C20H17BrN2O3. The molecule has 1 aliphatic rings. The second kappa shape index (κ2) is 8.10. The summed E-state index contributed by atoms with van der Waals surface area (Å²) in [6.45, 7) is 1.27. The second-order valence-corrected chi connectivity index (χ2v) is 5.71. The Labute approximate surface area is 162 Å². The molecule has 3 heterocycles. The van der Waals surface area contributed by atoms with E-state index in [1.54, 1.807) is 24.4 Å². The van der Waals surface area contributed by atoms with E-state index in [0.29, 0.717) is 30.3 Å². The SMILES string of the molecule is O=C(C[n+]1ccccc1-c1ccccn1)c1ccc2c(c1)OCCO2.[Br-]. The lowest BCUT2D eigenvalue weighted by atomic mass is 10.1. The minimum Gasteiger partial charge on any atom is -1.00 e. The lowest BCUT2D eigenvalue weighted by molar-refractivity contribution is -0.672. The third-order valence-corrected chi connectivity index (χ3v) is 4.05. The number of Topliss-reactive ketones (excluding diaryl/α,β-unsaturated/α-hetero) is 1. The van der Waals surface area contributed by atoms with E-state index in [2.05, 4.69) is 4.98 Å². The Bertz CT molecular complexity index is 916. The summed E-state index contributed by atoms with van der Waals surface area (Å²) in [5.41, 5.74) is 2.33. The lowest BCUT2D eigenvalue weighted by Gasteiger charge is -2.18. The van der Waals surface area contributed by atoms with Gasteiger partial charge in [-0.3, -0.25) is 4.79 Å². The van der Waals surface area contributed by atoms with Gasteiger partial charge in [-0.05, 0) is 36.4 Å². The molecule has 6 heteroatoms. The number of ketones is 1. The summed E-state index contributed by atoms with van der Waals surface area (Å²) in [6.07, 6.45) is 3.63. The molecule has 0 spiro atoms. The van der Waals surface area contributed by atoms with Crippen molar-refractivity contribution >= 4 is 5.78 Å². The van der Waals surface area contributed by atoms with E-state index in [1.165, 1.54) is 0 Å². The zero-order chi connectivity index (χ0) is 17.1. The highest BCUT2D eigenvalue weighted by molar-refractivity contribution is 5.95. The average Bonchev–Trinajstić information content (AvgIpc) is 2.68. The van der Waals surface area contributed by atoms with Crippen LogP contribution in [0.3, 0.4) is 0 Å². The van der Waals surface area contributed by atoms with E-state index < -0.39 is 0 Å². The van der Waals surface area contributed by atoms with Crippen LogP contribution in [-0.2, 0) is 6.54 Å². The van der Waals surface area contributed by atoms with Gasteiger partial charge in [0.2, 0.25) is 18.0 Å². The van der Waals surface area contributed by atoms with Crippen molar-refractivity contribution in [1.29, 1.82) is 0 Å². The van der Waals surface area contributed by atoms with Gasteiger partial charge >= 0.3 is 0 Å². The number of carbonyl (C=O) groups excluding carboxylic acids is 1. The standard InChI is InChI=1S/C20H17N2O3.BrH/c23-18(15-7-8-19-20(13-15)25-12-11-24-19)14-22-10-4-2-6-17(22)16-5-1-3-9-21-16;/h1-10,13H,11-12,14H2;1H/q+1;/p-1. The van der Waals surface area contributed by atoms with Gasteiger partial charge in [0, 0.05) is 23.9 Å². The molecule has 0 radical (unpaired) electrons. The van der Waals surface area contributed by atoms with Crippen LogP contribution in [-0.4, -0.2) is 24.0 Å². The number of nitrogens with zero attached hydrogens (tertiary/aromatic N) is 2. The summed E-state index contributed by atoms with van der Waals surface area (Å²) in [5.74, 6) is 1.31. The number of ether oxygens (including phenoxy) is 2. The summed E-state index contributed by atoms with van der Waals surface area (Å²) < 4.78 is 13.0. The van der Waals surface area contributed by atoms with Crippen molar-refractivity contribution in [3.05, 3.63) is 72.6 Å². The highest BCUT2D eigenvalue weighted by atomic mass is 79.9. The normalized spacial score (nSPS) is 12.2. The second-order valence-electron chi connectivity index (χ2n) is 5.71. The Morgan fingerprint density at radius 2 is 1.81 bits per heavy atom. The Hall–Kier alpha value is -2.73. The van der Waals surface area contributed by atoms with Crippen LogP contribution >= 0.6 is 0 Å². The molecular weight excluding hydrogens is 396 g/mol. The van der Waals surface area contributed by atoms with Crippen molar-refractivity contribution in [3.8, 4) is 22.9 Å². The van der Waals surface area contributed by atoms with Crippen LogP contribution in [0.5, 0.6) is 11.5 Å². The fourth-order valence-electron chi connectivity index (χ4n) is 2.82. The topological polar surface area (TPSA) is 52.3 Å². The quantitative estimate of drug-likeness (QED) is 0.435. The van der Waals surface area contributed by atoms with Crippen LogP contribution in [0.15, 0.2) is 67.0 Å². The molecule has 0 amide bonds. The number of pyridine rings is 2. The zero-order valence-corrected chi connectivity index (χ0v) is 15.6. The number of rotatable bonds is 4.